The van der Waals surface area contributed by atoms with Gasteiger partial charge < -0.3 is 9.55 Å². The molecule has 0 aliphatic carbocycles. The van der Waals surface area contributed by atoms with Crippen molar-refractivity contribution in [2.45, 2.75) is 37.4 Å². The second-order valence-corrected chi connectivity index (χ2v) is 8.14. The maximum Gasteiger partial charge on any atom is 0.166 e. The Kier molecular flexibility index (Phi) is 6.81. The van der Waals surface area contributed by atoms with Crippen LogP contribution in [0.15, 0.2) is 84.5 Å². The van der Waals surface area contributed by atoms with Gasteiger partial charge in [-0.1, -0.05) is 85.3 Å². The summed E-state index contributed by atoms with van der Waals surface area (Å²) in [6.45, 7) is 1.06. The smallest absolute Gasteiger partial charge is 0.166 e. The Morgan fingerprint density at radius 3 is 2.28 bits per heavy atom. The van der Waals surface area contributed by atoms with Crippen LogP contribution in [-0.4, -0.2) is 25.3 Å². The van der Waals surface area contributed by atoms with E-state index in [1.54, 1.807) is 0 Å². The number of rotatable bonds is 10. The van der Waals surface area contributed by atoms with Crippen LogP contribution in [0.5, 0.6) is 0 Å². The summed E-state index contributed by atoms with van der Waals surface area (Å²) < 4.78 is 2.15. The van der Waals surface area contributed by atoms with Crippen LogP contribution in [0.1, 0.15) is 25.7 Å². The SMILES string of the molecule is c1ccc(-c2nc(SCCCCCCn3ccnc3)[nH]c2-c2ccccc2)cc1. The molecule has 0 saturated carbocycles. The van der Waals surface area contributed by atoms with Gasteiger partial charge >= 0.3 is 0 Å². The van der Waals surface area contributed by atoms with Crippen molar-refractivity contribution in [2.75, 3.05) is 5.75 Å². The Balaban J connectivity index is 1.34. The fourth-order valence-corrected chi connectivity index (χ4v) is 4.25. The number of aryl methyl sites for hydroxylation is 1. The van der Waals surface area contributed by atoms with Crippen LogP contribution in [0.2, 0.25) is 0 Å². The molecule has 1 N–H and O–H groups in total. The summed E-state index contributed by atoms with van der Waals surface area (Å²) in [5.41, 5.74) is 4.44. The first-order valence-electron chi connectivity index (χ1n) is 10.2. The largest absolute Gasteiger partial charge is 0.337 e. The molecular formula is C24H26N4S. The van der Waals surface area contributed by atoms with E-state index in [1.165, 1.54) is 31.2 Å². The summed E-state index contributed by atoms with van der Waals surface area (Å²) in [7, 11) is 0. The lowest BCUT2D eigenvalue weighted by Crippen LogP contribution is -1.94. The average molecular weight is 403 g/mol. The van der Waals surface area contributed by atoms with Gasteiger partial charge in [0, 0.05) is 35.8 Å². The van der Waals surface area contributed by atoms with E-state index in [4.69, 9.17) is 4.98 Å². The molecule has 0 unspecified atom stereocenters. The summed E-state index contributed by atoms with van der Waals surface area (Å²) in [5.74, 6) is 1.08. The molecular weight excluding hydrogens is 376 g/mol. The molecule has 0 aliphatic rings. The number of unbranched alkanes of at least 4 members (excludes halogenated alkanes) is 3. The average Bonchev–Trinajstić information content (AvgIpc) is 3.44. The molecule has 2 aromatic heterocycles. The molecule has 0 fully saturated rings. The summed E-state index contributed by atoms with van der Waals surface area (Å²) in [5, 5.41) is 1.00. The van der Waals surface area contributed by atoms with Gasteiger partial charge in [-0.15, -0.1) is 0 Å². The summed E-state index contributed by atoms with van der Waals surface area (Å²) in [6.07, 6.45) is 10.7. The standard InChI is InChI=1S/C24H26N4S/c1(9-16-28-17-15-25-19-28)2-10-18-29-24-26-22(20-11-5-3-6-12-20)23(27-24)21-13-7-4-8-14-21/h3-8,11-15,17,19H,1-2,9-10,16,18H2,(H,26,27). The lowest BCUT2D eigenvalue weighted by molar-refractivity contribution is 0.583. The summed E-state index contributed by atoms with van der Waals surface area (Å²) in [4.78, 5) is 12.6. The van der Waals surface area contributed by atoms with Crippen molar-refractivity contribution in [3.8, 4) is 22.5 Å². The zero-order valence-electron chi connectivity index (χ0n) is 16.5. The fraction of sp³-hybridized carbons (Fsp3) is 0.250. The normalized spacial score (nSPS) is 11.0. The van der Waals surface area contributed by atoms with Gasteiger partial charge in [0.15, 0.2) is 5.16 Å². The van der Waals surface area contributed by atoms with E-state index in [0.29, 0.717) is 0 Å². The molecule has 148 valence electrons. The van der Waals surface area contributed by atoms with Crippen LogP contribution in [-0.2, 0) is 6.54 Å². The molecule has 2 aromatic carbocycles. The highest BCUT2D eigenvalue weighted by atomic mass is 32.2. The van der Waals surface area contributed by atoms with Crippen LogP contribution in [0, 0.1) is 0 Å². The number of aromatic nitrogens is 4. The Bertz CT molecular complexity index is 921. The number of imidazole rings is 2. The molecule has 2 heterocycles. The van der Waals surface area contributed by atoms with Crippen LogP contribution in [0.4, 0.5) is 0 Å². The lowest BCUT2D eigenvalue weighted by Gasteiger charge is -2.02. The van der Waals surface area contributed by atoms with Gasteiger partial charge in [-0.3, -0.25) is 0 Å². The first kappa shape index (κ1) is 19.5. The van der Waals surface area contributed by atoms with Gasteiger partial charge in [0.1, 0.15) is 0 Å². The van der Waals surface area contributed by atoms with Gasteiger partial charge in [-0.25, -0.2) is 9.97 Å². The Labute approximate surface area is 176 Å². The molecule has 0 spiro atoms. The van der Waals surface area contributed by atoms with Crippen molar-refractivity contribution in [1.82, 2.24) is 19.5 Å². The minimum atomic E-state index is 1.00. The minimum Gasteiger partial charge on any atom is -0.337 e. The predicted octanol–water partition coefficient (Wildman–Crippen LogP) is 6.29. The van der Waals surface area contributed by atoms with E-state index in [1.807, 2.05) is 42.6 Å². The highest BCUT2D eigenvalue weighted by Gasteiger charge is 2.14. The zero-order valence-corrected chi connectivity index (χ0v) is 17.3. The Morgan fingerprint density at radius 2 is 1.55 bits per heavy atom. The maximum atomic E-state index is 4.92. The minimum absolute atomic E-state index is 1.00. The van der Waals surface area contributed by atoms with Crippen molar-refractivity contribution in [1.29, 1.82) is 0 Å². The number of nitrogens with one attached hydrogen (secondary N) is 1. The van der Waals surface area contributed by atoms with E-state index in [0.717, 1.165) is 34.4 Å². The number of hydrogen-bond donors (Lipinski definition) is 1. The monoisotopic (exact) mass is 402 g/mol. The third-order valence-corrected chi connectivity index (χ3v) is 5.86. The van der Waals surface area contributed by atoms with Crippen molar-refractivity contribution in [3.05, 3.63) is 79.4 Å². The topological polar surface area (TPSA) is 46.5 Å². The Morgan fingerprint density at radius 1 is 0.828 bits per heavy atom. The summed E-state index contributed by atoms with van der Waals surface area (Å²) in [6, 6.07) is 20.9. The third kappa shape index (κ3) is 5.39. The van der Waals surface area contributed by atoms with Crippen molar-refractivity contribution in [3.63, 3.8) is 0 Å². The van der Waals surface area contributed by atoms with Crippen molar-refractivity contribution >= 4 is 11.8 Å². The second kappa shape index (κ2) is 10.1. The van der Waals surface area contributed by atoms with Gasteiger partial charge in [0.2, 0.25) is 0 Å². The van der Waals surface area contributed by atoms with E-state index in [-0.39, 0.29) is 0 Å². The highest BCUT2D eigenvalue weighted by molar-refractivity contribution is 7.99. The zero-order chi connectivity index (χ0) is 19.7. The summed E-state index contributed by atoms with van der Waals surface area (Å²) >= 11 is 1.82. The number of thioether (sulfide) groups is 1. The van der Waals surface area contributed by atoms with Crippen molar-refractivity contribution in [2.24, 2.45) is 0 Å². The predicted molar refractivity (Wildman–Crippen MR) is 121 cm³/mol. The van der Waals surface area contributed by atoms with Crippen molar-refractivity contribution < 1.29 is 0 Å². The number of benzene rings is 2. The molecule has 0 bridgehead atoms. The van der Waals surface area contributed by atoms with Crippen LogP contribution in [0.3, 0.4) is 0 Å². The number of nitrogens with zero attached hydrogens (tertiary/aromatic N) is 3. The molecule has 4 aromatic rings. The third-order valence-electron chi connectivity index (χ3n) is 4.90. The number of H-pyrrole nitrogens is 1. The number of hydrogen-bond acceptors (Lipinski definition) is 3. The van der Waals surface area contributed by atoms with Gasteiger partial charge in [-0.2, -0.15) is 0 Å². The Hall–Kier alpha value is -2.79. The van der Waals surface area contributed by atoms with Gasteiger partial charge in [0.05, 0.1) is 17.7 Å². The fourth-order valence-electron chi connectivity index (χ4n) is 3.38. The van der Waals surface area contributed by atoms with Gasteiger partial charge in [-0.05, 0) is 12.8 Å². The highest BCUT2D eigenvalue weighted by Crippen LogP contribution is 2.32. The molecule has 29 heavy (non-hydrogen) atoms. The molecule has 0 saturated heterocycles. The van der Waals surface area contributed by atoms with Crippen LogP contribution < -0.4 is 0 Å². The van der Waals surface area contributed by atoms with E-state index in [9.17, 15) is 0 Å². The lowest BCUT2D eigenvalue weighted by atomic mass is 10.1. The molecule has 0 radical (unpaired) electrons. The molecule has 0 atom stereocenters. The maximum absolute atomic E-state index is 4.92. The van der Waals surface area contributed by atoms with Gasteiger partial charge in [0.25, 0.3) is 0 Å². The van der Waals surface area contributed by atoms with E-state index < -0.39 is 0 Å². The second-order valence-electron chi connectivity index (χ2n) is 7.06. The molecule has 0 amide bonds. The van der Waals surface area contributed by atoms with Crippen LogP contribution in [0.25, 0.3) is 22.5 Å². The van der Waals surface area contributed by atoms with E-state index >= 15 is 0 Å². The molecule has 4 nitrogen and oxygen atoms in total. The quantitative estimate of drug-likeness (QED) is 0.250. The van der Waals surface area contributed by atoms with E-state index in [2.05, 4.69) is 63.1 Å². The molecule has 0 aliphatic heterocycles. The first-order valence-corrected chi connectivity index (χ1v) is 11.2. The molecule has 4 rings (SSSR count). The first-order chi connectivity index (χ1) is 14.4. The van der Waals surface area contributed by atoms with Crippen LogP contribution >= 0.6 is 11.8 Å². The number of aromatic amines is 1. The molecule has 5 heteroatoms.